The lowest BCUT2D eigenvalue weighted by Gasteiger charge is -2.31. The molecule has 10 heteroatoms. The number of ether oxygens (including phenoxy) is 2. The first-order valence-electron chi connectivity index (χ1n) is 14.1. The Kier molecular flexibility index (Phi) is 9.06. The molecule has 0 amide bonds. The number of aryl methyl sites for hydroxylation is 1. The second-order valence-corrected chi connectivity index (χ2v) is 11.1. The van der Waals surface area contributed by atoms with E-state index in [2.05, 4.69) is 4.98 Å². The van der Waals surface area contributed by atoms with Gasteiger partial charge in [-0.05, 0) is 61.0 Å². The Bertz CT molecular complexity index is 1670. The highest BCUT2D eigenvalue weighted by Crippen LogP contribution is 2.40. The Morgan fingerprint density at radius 2 is 1.77 bits per heavy atom. The fraction of sp³-hybridized carbons (Fsp3) is 0.273. The molecule has 0 saturated heterocycles. The van der Waals surface area contributed by atoms with Crippen molar-refractivity contribution in [1.82, 2.24) is 14.8 Å². The van der Waals surface area contributed by atoms with Crippen molar-refractivity contribution in [3.05, 3.63) is 101 Å². The number of aromatic nitrogens is 3. The molecule has 0 radical (unpaired) electrons. The summed E-state index contributed by atoms with van der Waals surface area (Å²) in [4.78, 5) is 29.2. The smallest absolute Gasteiger partial charge is 0.318 e. The molecule has 0 aliphatic heterocycles. The highest BCUT2D eigenvalue weighted by atomic mass is 32.1. The maximum atomic E-state index is 12.5. The van der Waals surface area contributed by atoms with E-state index in [0.717, 1.165) is 38.7 Å². The average molecular weight is 600 g/mol. The van der Waals surface area contributed by atoms with Gasteiger partial charge in [0.25, 0.3) is 0 Å². The molecule has 1 N–H and O–H groups in total. The minimum absolute atomic E-state index is 0.283. The zero-order chi connectivity index (χ0) is 30.4. The minimum atomic E-state index is -1.22. The fourth-order valence-corrected chi connectivity index (χ4v) is 5.66. The standard InChI is InChI=1S/C33H33N3O6S/c1-4-33(5-2,42-30(39)18-29(37)38)26-20-36(35-31(26)28-12-9-17-43-28)19-23-13-15-25(16-14-23)40-21-27-22(3)41-32(34-27)24-10-7-6-8-11-24/h6-17,20H,4-5,18-19,21H2,1-3H3,(H,37,38). The third-order valence-corrected chi connectivity index (χ3v) is 8.19. The lowest BCUT2D eigenvalue weighted by molar-refractivity contribution is -0.165. The van der Waals surface area contributed by atoms with E-state index in [1.54, 1.807) is 11.3 Å². The van der Waals surface area contributed by atoms with Crippen molar-refractivity contribution in [2.24, 2.45) is 0 Å². The van der Waals surface area contributed by atoms with E-state index in [9.17, 15) is 9.59 Å². The van der Waals surface area contributed by atoms with E-state index < -0.39 is 24.0 Å². The normalized spacial score (nSPS) is 11.4. The molecule has 0 unspecified atom stereocenters. The van der Waals surface area contributed by atoms with Crippen LogP contribution in [0.4, 0.5) is 0 Å². The molecule has 5 rings (SSSR count). The van der Waals surface area contributed by atoms with Crippen molar-refractivity contribution in [2.45, 2.75) is 58.8 Å². The topological polar surface area (TPSA) is 117 Å². The molecule has 0 aliphatic carbocycles. The highest BCUT2D eigenvalue weighted by Gasteiger charge is 2.38. The van der Waals surface area contributed by atoms with Crippen LogP contribution in [0, 0.1) is 6.92 Å². The first-order valence-corrected chi connectivity index (χ1v) is 15.0. The van der Waals surface area contributed by atoms with E-state index in [4.69, 9.17) is 24.1 Å². The first kappa shape index (κ1) is 29.8. The van der Waals surface area contributed by atoms with Gasteiger partial charge < -0.3 is 19.0 Å². The second-order valence-electron chi connectivity index (χ2n) is 10.1. The second kappa shape index (κ2) is 13.1. The molecule has 222 valence electrons. The summed E-state index contributed by atoms with van der Waals surface area (Å²) in [5.41, 5.74) is 3.15. The summed E-state index contributed by atoms with van der Waals surface area (Å²) < 4.78 is 19.5. The van der Waals surface area contributed by atoms with Crippen LogP contribution in [-0.2, 0) is 33.1 Å². The van der Waals surface area contributed by atoms with Gasteiger partial charge in [0, 0.05) is 17.3 Å². The number of esters is 1. The van der Waals surface area contributed by atoms with Gasteiger partial charge in [0.15, 0.2) is 0 Å². The lowest BCUT2D eigenvalue weighted by atomic mass is 9.88. The van der Waals surface area contributed by atoms with Crippen LogP contribution in [0.5, 0.6) is 5.75 Å². The molecular formula is C33H33N3O6S. The number of carbonyl (C=O) groups is 2. The van der Waals surface area contributed by atoms with Crippen LogP contribution < -0.4 is 4.74 Å². The molecule has 0 spiro atoms. The minimum Gasteiger partial charge on any atom is -0.487 e. The summed E-state index contributed by atoms with van der Waals surface area (Å²) in [7, 11) is 0. The van der Waals surface area contributed by atoms with Gasteiger partial charge in [0.2, 0.25) is 5.89 Å². The summed E-state index contributed by atoms with van der Waals surface area (Å²) in [6.07, 6.45) is 2.16. The van der Waals surface area contributed by atoms with Crippen LogP contribution in [0.15, 0.2) is 82.7 Å². The molecule has 5 aromatic rings. The average Bonchev–Trinajstić information content (AvgIpc) is 3.76. The number of nitrogens with zero attached hydrogens (tertiary/aromatic N) is 3. The number of carboxylic acids is 1. The largest absolute Gasteiger partial charge is 0.487 e. The molecule has 2 aromatic carbocycles. The summed E-state index contributed by atoms with van der Waals surface area (Å²) >= 11 is 1.54. The van der Waals surface area contributed by atoms with E-state index in [1.807, 2.05) is 104 Å². The Morgan fingerprint density at radius 1 is 1.02 bits per heavy atom. The zero-order valence-corrected chi connectivity index (χ0v) is 25.1. The number of hydrogen-bond acceptors (Lipinski definition) is 8. The fourth-order valence-electron chi connectivity index (χ4n) is 4.93. The number of aliphatic carboxylic acids is 1. The molecule has 0 aliphatic rings. The van der Waals surface area contributed by atoms with Gasteiger partial charge in [0.1, 0.15) is 41.5 Å². The van der Waals surface area contributed by atoms with Gasteiger partial charge in [0.05, 0.1) is 11.4 Å². The molecule has 3 aromatic heterocycles. The number of rotatable bonds is 13. The summed E-state index contributed by atoms with van der Waals surface area (Å²) in [5.74, 6) is -0.00139. The van der Waals surface area contributed by atoms with Crippen LogP contribution in [0.2, 0.25) is 0 Å². The molecule has 0 atom stereocenters. The van der Waals surface area contributed by atoms with Gasteiger partial charge in [-0.15, -0.1) is 11.3 Å². The molecule has 0 fully saturated rings. The van der Waals surface area contributed by atoms with Crippen molar-refractivity contribution in [1.29, 1.82) is 0 Å². The number of thiophene rings is 1. The quantitative estimate of drug-likeness (QED) is 0.111. The van der Waals surface area contributed by atoms with Crippen molar-refractivity contribution in [2.75, 3.05) is 0 Å². The zero-order valence-electron chi connectivity index (χ0n) is 24.3. The summed E-state index contributed by atoms with van der Waals surface area (Å²) in [6, 6.07) is 21.4. The number of carbonyl (C=O) groups excluding carboxylic acids is 1. The van der Waals surface area contributed by atoms with Crippen LogP contribution in [-0.4, -0.2) is 31.8 Å². The maximum Gasteiger partial charge on any atom is 0.318 e. The van der Waals surface area contributed by atoms with Gasteiger partial charge >= 0.3 is 11.9 Å². The Hall–Kier alpha value is -4.70. The van der Waals surface area contributed by atoms with Crippen molar-refractivity contribution < 1.29 is 28.6 Å². The Morgan fingerprint density at radius 3 is 2.42 bits per heavy atom. The monoisotopic (exact) mass is 599 g/mol. The third-order valence-electron chi connectivity index (χ3n) is 7.31. The third kappa shape index (κ3) is 6.86. The maximum absolute atomic E-state index is 12.5. The predicted molar refractivity (Wildman–Crippen MR) is 163 cm³/mol. The van der Waals surface area contributed by atoms with Gasteiger partial charge in [-0.1, -0.05) is 50.2 Å². The Balaban J connectivity index is 1.32. The molecule has 9 nitrogen and oxygen atoms in total. The molecule has 3 heterocycles. The van der Waals surface area contributed by atoms with Crippen LogP contribution in [0.3, 0.4) is 0 Å². The van der Waals surface area contributed by atoms with Gasteiger partial charge in [-0.3, -0.25) is 14.3 Å². The molecule has 0 bridgehead atoms. The summed E-state index contributed by atoms with van der Waals surface area (Å²) in [6.45, 7) is 6.49. The van der Waals surface area contributed by atoms with Crippen molar-refractivity contribution in [3.63, 3.8) is 0 Å². The Labute approximate surface area is 253 Å². The number of carboxylic acid groups (broad SMARTS) is 1. The summed E-state index contributed by atoms with van der Waals surface area (Å²) in [5, 5.41) is 16.0. The lowest BCUT2D eigenvalue weighted by Crippen LogP contribution is -2.32. The van der Waals surface area contributed by atoms with Gasteiger partial charge in [-0.2, -0.15) is 5.10 Å². The first-order chi connectivity index (χ1) is 20.8. The van der Waals surface area contributed by atoms with Crippen molar-refractivity contribution >= 4 is 23.3 Å². The van der Waals surface area contributed by atoms with E-state index >= 15 is 0 Å². The molecular weight excluding hydrogens is 566 g/mol. The van der Waals surface area contributed by atoms with E-state index in [0.29, 0.717) is 31.0 Å². The van der Waals surface area contributed by atoms with Crippen LogP contribution >= 0.6 is 11.3 Å². The SMILES string of the molecule is CCC(CC)(OC(=O)CC(=O)O)c1cn(Cc2ccc(OCc3nc(-c4ccccc4)oc3C)cc2)nc1-c1cccs1. The van der Waals surface area contributed by atoms with E-state index in [-0.39, 0.29) is 6.61 Å². The number of benzene rings is 2. The predicted octanol–water partition coefficient (Wildman–Crippen LogP) is 7.24. The van der Waals surface area contributed by atoms with Crippen LogP contribution in [0.25, 0.3) is 22.0 Å². The van der Waals surface area contributed by atoms with Crippen LogP contribution in [0.1, 0.15) is 55.7 Å². The number of oxazole rings is 1. The van der Waals surface area contributed by atoms with Crippen molar-refractivity contribution in [3.8, 4) is 27.8 Å². The van der Waals surface area contributed by atoms with Gasteiger partial charge in [-0.25, -0.2) is 4.98 Å². The highest BCUT2D eigenvalue weighted by molar-refractivity contribution is 7.13. The molecule has 43 heavy (non-hydrogen) atoms. The van der Waals surface area contributed by atoms with E-state index in [1.165, 1.54) is 0 Å². The number of hydrogen-bond donors (Lipinski definition) is 1. The molecule has 0 saturated carbocycles.